The lowest BCUT2D eigenvalue weighted by Gasteiger charge is -2.10. The molecule has 144 valence electrons. The zero-order chi connectivity index (χ0) is 20.3. The number of hydrogen-bond donors (Lipinski definition) is 1. The number of hydrogen-bond acceptors (Lipinski definition) is 4. The molecule has 1 N–H and O–H groups in total. The summed E-state index contributed by atoms with van der Waals surface area (Å²) in [4.78, 5) is 24.8. The minimum absolute atomic E-state index is 0.0928. The molecule has 28 heavy (non-hydrogen) atoms. The van der Waals surface area contributed by atoms with Gasteiger partial charge < -0.3 is 14.4 Å². The van der Waals surface area contributed by atoms with Gasteiger partial charge in [-0.15, -0.1) is 0 Å². The van der Waals surface area contributed by atoms with Crippen molar-refractivity contribution < 1.29 is 19.4 Å². The molecule has 0 aliphatic heterocycles. The molecule has 0 bridgehead atoms. The van der Waals surface area contributed by atoms with Crippen molar-refractivity contribution in [2.45, 2.75) is 27.4 Å². The Morgan fingerprint density at radius 1 is 0.964 bits per heavy atom. The predicted octanol–water partition coefficient (Wildman–Crippen LogP) is 3.93. The monoisotopic (exact) mass is 377 g/mol. The van der Waals surface area contributed by atoms with E-state index in [1.54, 1.807) is 24.3 Å². The highest BCUT2D eigenvalue weighted by atomic mass is 16.5. The van der Waals surface area contributed by atoms with Crippen LogP contribution in [0.1, 0.15) is 43.2 Å². The van der Waals surface area contributed by atoms with Crippen molar-refractivity contribution >= 4 is 11.8 Å². The summed E-state index contributed by atoms with van der Waals surface area (Å²) in [7, 11) is 0. The quantitative estimate of drug-likeness (QED) is 0.522. The minimum Gasteiger partial charge on any atom is -0.454 e. The fourth-order valence-corrected chi connectivity index (χ4v) is 3.17. The maximum atomic E-state index is 12.6. The second-order valence-corrected chi connectivity index (χ2v) is 6.81. The number of benzene rings is 2. The molecule has 0 saturated carbocycles. The molecule has 0 aliphatic rings. The predicted molar refractivity (Wildman–Crippen MR) is 107 cm³/mol. The number of carbonyl (C=O) groups excluding carboxylic acids is 2. The molecule has 0 saturated heterocycles. The molecule has 5 heteroatoms. The largest absolute Gasteiger partial charge is 0.454 e. The maximum Gasteiger partial charge on any atom is 0.338 e. The summed E-state index contributed by atoms with van der Waals surface area (Å²) in [6.45, 7) is 5.44. The molecule has 1 heterocycles. The van der Waals surface area contributed by atoms with Gasteiger partial charge in [0.2, 0.25) is 5.78 Å². The van der Waals surface area contributed by atoms with Crippen LogP contribution in [0.3, 0.4) is 0 Å². The van der Waals surface area contributed by atoms with Crippen LogP contribution in [0.5, 0.6) is 0 Å². The number of aromatic nitrogens is 1. The summed E-state index contributed by atoms with van der Waals surface area (Å²) in [6, 6.07) is 16.3. The van der Waals surface area contributed by atoms with E-state index >= 15 is 0 Å². The van der Waals surface area contributed by atoms with Crippen LogP contribution in [0, 0.1) is 20.8 Å². The highest BCUT2D eigenvalue weighted by molar-refractivity contribution is 6.00. The molecule has 5 nitrogen and oxygen atoms in total. The van der Waals surface area contributed by atoms with Crippen LogP contribution in [0.15, 0.2) is 54.6 Å². The second kappa shape index (κ2) is 8.23. The van der Waals surface area contributed by atoms with Gasteiger partial charge in [-0.3, -0.25) is 4.79 Å². The third-order valence-electron chi connectivity index (χ3n) is 4.73. The normalized spacial score (nSPS) is 10.7. The Hall–Kier alpha value is -3.18. The molecule has 2 aromatic carbocycles. The van der Waals surface area contributed by atoms with Crippen molar-refractivity contribution in [3.8, 4) is 5.69 Å². The lowest BCUT2D eigenvalue weighted by atomic mass is 10.1. The number of aliphatic hydroxyl groups is 1. The van der Waals surface area contributed by atoms with Gasteiger partial charge in [0.25, 0.3) is 0 Å². The summed E-state index contributed by atoms with van der Waals surface area (Å²) >= 11 is 0. The SMILES string of the molecule is Cc1ccc(-n2c(C)cc(C(=O)COC(=O)c3ccc(CO)cc3)c2C)cc1. The Morgan fingerprint density at radius 2 is 1.61 bits per heavy atom. The minimum atomic E-state index is -0.565. The highest BCUT2D eigenvalue weighted by Crippen LogP contribution is 2.22. The van der Waals surface area contributed by atoms with Gasteiger partial charge in [0, 0.05) is 22.6 Å². The van der Waals surface area contributed by atoms with E-state index in [9.17, 15) is 9.59 Å². The van der Waals surface area contributed by atoms with Crippen LogP contribution in [0.2, 0.25) is 0 Å². The molecule has 0 fully saturated rings. The average molecular weight is 377 g/mol. The Kier molecular flexibility index (Phi) is 5.76. The molecule has 0 spiro atoms. The van der Waals surface area contributed by atoms with E-state index in [4.69, 9.17) is 9.84 Å². The van der Waals surface area contributed by atoms with E-state index in [0.717, 1.165) is 17.1 Å². The number of ketones is 1. The molecule has 0 aliphatic carbocycles. The van der Waals surface area contributed by atoms with Gasteiger partial charge in [-0.2, -0.15) is 0 Å². The third-order valence-corrected chi connectivity index (χ3v) is 4.73. The van der Waals surface area contributed by atoms with Crippen molar-refractivity contribution in [2.75, 3.05) is 6.61 Å². The zero-order valence-corrected chi connectivity index (χ0v) is 16.2. The average Bonchev–Trinajstić information content (AvgIpc) is 3.01. The van der Waals surface area contributed by atoms with E-state index < -0.39 is 5.97 Å². The first kappa shape index (κ1) is 19.6. The van der Waals surface area contributed by atoms with E-state index in [-0.39, 0.29) is 19.0 Å². The van der Waals surface area contributed by atoms with Crippen LogP contribution < -0.4 is 0 Å². The van der Waals surface area contributed by atoms with E-state index in [0.29, 0.717) is 16.7 Å². The van der Waals surface area contributed by atoms with Crippen LogP contribution in [-0.4, -0.2) is 28.0 Å². The van der Waals surface area contributed by atoms with E-state index in [1.165, 1.54) is 5.56 Å². The van der Waals surface area contributed by atoms with Crippen LogP contribution in [0.25, 0.3) is 5.69 Å². The first-order chi connectivity index (χ1) is 13.4. The molecule has 1 aromatic heterocycles. The molecular formula is C23H23NO4. The summed E-state index contributed by atoms with van der Waals surface area (Å²) in [5.74, 6) is -0.808. The Balaban J connectivity index is 1.73. The zero-order valence-electron chi connectivity index (χ0n) is 16.2. The first-order valence-corrected chi connectivity index (χ1v) is 9.07. The molecule has 0 radical (unpaired) electrons. The van der Waals surface area contributed by atoms with Crippen molar-refractivity contribution in [3.05, 3.63) is 88.2 Å². The number of carbonyl (C=O) groups is 2. The van der Waals surface area contributed by atoms with Crippen molar-refractivity contribution in [1.29, 1.82) is 0 Å². The Labute approximate surface area is 164 Å². The molecule has 0 amide bonds. The van der Waals surface area contributed by atoms with Gasteiger partial charge >= 0.3 is 5.97 Å². The van der Waals surface area contributed by atoms with Gasteiger partial charge in [-0.05, 0) is 56.7 Å². The number of aryl methyl sites for hydroxylation is 2. The summed E-state index contributed by atoms with van der Waals surface area (Å²) in [6.07, 6.45) is 0. The van der Waals surface area contributed by atoms with Crippen LogP contribution >= 0.6 is 0 Å². The Bertz CT molecular complexity index is 998. The number of Topliss-reactive ketones (excluding diaryl/α,β-unsaturated/α-hetero) is 1. The molecule has 0 atom stereocenters. The van der Waals surface area contributed by atoms with E-state index in [2.05, 4.69) is 0 Å². The van der Waals surface area contributed by atoms with Gasteiger partial charge in [0.05, 0.1) is 12.2 Å². The highest BCUT2D eigenvalue weighted by Gasteiger charge is 2.18. The standard InChI is InChI=1S/C23H23NO4/c1-15-4-10-20(11-5-15)24-16(2)12-21(17(24)3)22(26)14-28-23(27)19-8-6-18(13-25)7-9-19/h4-12,25H,13-14H2,1-3H3. The van der Waals surface area contributed by atoms with Gasteiger partial charge in [-0.25, -0.2) is 4.79 Å². The maximum absolute atomic E-state index is 12.6. The number of esters is 1. The number of nitrogens with zero attached hydrogens (tertiary/aromatic N) is 1. The van der Waals surface area contributed by atoms with Crippen molar-refractivity contribution in [1.82, 2.24) is 4.57 Å². The van der Waals surface area contributed by atoms with Gasteiger partial charge in [-0.1, -0.05) is 29.8 Å². The van der Waals surface area contributed by atoms with Crippen LogP contribution in [-0.2, 0) is 11.3 Å². The number of aliphatic hydroxyl groups excluding tert-OH is 1. The number of rotatable bonds is 6. The first-order valence-electron chi connectivity index (χ1n) is 9.07. The smallest absolute Gasteiger partial charge is 0.338 e. The lowest BCUT2D eigenvalue weighted by Crippen LogP contribution is -2.15. The fraction of sp³-hybridized carbons (Fsp3) is 0.217. The topological polar surface area (TPSA) is 68.5 Å². The lowest BCUT2D eigenvalue weighted by molar-refractivity contribution is 0.0474. The Morgan fingerprint density at radius 3 is 2.21 bits per heavy atom. The van der Waals surface area contributed by atoms with Gasteiger partial charge in [0.1, 0.15) is 0 Å². The molecule has 3 rings (SSSR count). The summed E-state index contributed by atoms with van der Waals surface area (Å²) in [5, 5.41) is 9.05. The summed E-state index contributed by atoms with van der Waals surface area (Å²) in [5.41, 5.74) is 5.50. The van der Waals surface area contributed by atoms with Crippen molar-refractivity contribution in [3.63, 3.8) is 0 Å². The fourth-order valence-electron chi connectivity index (χ4n) is 3.17. The number of ether oxygens (including phenoxy) is 1. The van der Waals surface area contributed by atoms with Crippen LogP contribution in [0.4, 0.5) is 0 Å². The molecule has 3 aromatic rings. The second-order valence-electron chi connectivity index (χ2n) is 6.81. The van der Waals surface area contributed by atoms with Crippen molar-refractivity contribution in [2.24, 2.45) is 0 Å². The molecule has 0 unspecified atom stereocenters. The van der Waals surface area contributed by atoms with E-state index in [1.807, 2.05) is 55.7 Å². The van der Waals surface area contributed by atoms with Gasteiger partial charge in [0.15, 0.2) is 6.61 Å². The summed E-state index contributed by atoms with van der Waals surface area (Å²) < 4.78 is 7.20. The third kappa shape index (κ3) is 4.05. The molecular weight excluding hydrogens is 354 g/mol.